The molecule has 3 nitrogen and oxygen atoms in total. The smallest absolute Gasteiger partial charge is 0.162 e. The summed E-state index contributed by atoms with van der Waals surface area (Å²) in [5.74, 6) is 1.97. The van der Waals surface area contributed by atoms with Crippen molar-refractivity contribution in [2.45, 2.75) is 5.75 Å². The van der Waals surface area contributed by atoms with E-state index in [4.69, 9.17) is 0 Å². The molecular formula is C16H17N3S2. The number of nitrogens with one attached hydrogen (secondary N) is 1. The highest BCUT2D eigenvalue weighted by Crippen LogP contribution is 2.20. The van der Waals surface area contributed by atoms with Crippen molar-refractivity contribution in [1.82, 2.24) is 5.32 Å². The Hall–Kier alpha value is -1.46. The molecule has 1 N–H and O–H groups in total. The molecule has 0 spiro atoms. The maximum Gasteiger partial charge on any atom is 0.162 e. The Kier molecular flexibility index (Phi) is 4.83. The zero-order valence-corrected chi connectivity index (χ0v) is 13.5. The number of thioether (sulfide) groups is 2. The third-order valence-corrected chi connectivity index (χ3v) is 5.12. The first-order chi connectivity index (χ1) is 10.3. The molecular weight excluding hydrogens is 298 g/mol. The molecule has 3 rings (SSSR count). The molecule has 2 aromatic rings. The van der Waals surface area contributed by atoms with Crippen molar-refractivity contribution in [1.29, 1.82) is 0 Å². The standard InChI is InChI=1S/C16H17N3S2/c1-17-15(19-16-18-8-9-20-16)21-11-12-6-7-13-4-2-3-5-14(13)10-12/h2-7,10H,8-9,11H2,1H3,(H,17,18,19). The fraction of sp³-hybridized carbons (Fsp3) is 0.250. The Morgan fingerprint density at radius 1 is 1.29 bits per heavy atom. The van der Waals surface area contributed by atoms with Crippen LogP contribution in [-0.4, -0.2) is 29.7 Å². The Morgan fingerprint density at radius 3 is 2.90 bits per heavy atom. The van der Waals surface area contributed by atoms with E-state index in [9.17, 15) is 0 Å². The van der Waals surface area contributed by atoms with Gasteiger partial charge in [0.15, 0.2) is 10.3 Å². The summed E-state index contributed by atoms with van der Waals surface area (Å²) in [5, 5.41) is 7.78. The van der Waals surface area contributed by atoms with Crippen LogP contribution in [0.5, 0.6) is 0 Å². The minimum Gasteiger partial charge on any atom is -0.314 e. The van der Waals surface area contributed by atoms with Gasteiger partial charge in [0.25, 0.3) is 0 Å². The van der Waals surface area contributed by atoms with E-state index in [1.807, 2.05) is 7.05 Å². The van der Waals surface area contributed by atoms with Crippen molar-refractivity contribution < 1.29 is 0 Å². The topological polar surface area (TPSA) is 36.8 Å². The van der Waals surface area contributed by atoms with Crippen LogP contribution in [-0.2, 0) is 5.75 Å². The van der Waals surface area contributed by atoms with Gasteiger partial charge in [-0.05, 0) is 16.3 Å². The number of rotatable bonds is 2. The zero-order chi connectivity index (χ0) is 14.5. The predicted molar refractivity (Wildman–Crippen MR) is 96.5 cm³/mol. The lowest BCUT2D eigenvalue weighted by atomic mass is 10.1. The number of aliphatic imine (C=N–C) groups is 2. The summed E-state index contributed by atoms with van der Waals surface area (Å²) >= 11 is 3.47. The summed E-state index contributed by atoms with van der Waals surface area (Å²) < 4.78 is 0. The first kappa shape index (κ1) is 14.5. The van der Waals surface area contributed by atoms with Crippen LogP contribution >= 0.6 is 23.5 Å². The summed E-state index contributed by atoms with van der Waals surface area (Å²) in [6.45, 7) is 0.902. The molecule has 0 amide bonds. The molecule has 0 fully saturated rings. The second-order valence-corrected chi connectivity index (χ2v) is 6.71. The van der Waals surface area contributed by atoms with Crippen molar-refractivity contribution >= 4 is 44.6 Å². The molecule has 2 aromatic carbocycles. The second-order valence-electron chi connectivity index (χ2n) is 4.66. The molecule has 1 heterocycles. The first-order valence-electron chi connectivity index (χ1n) is 6.87. The lowest BCUT2D eigenvalue weighted by Crippen LogP contribution is -2.24. The number of hydrogen-bond acceptors (Lipinski definition) is 4. The zero-order valence-electron chi connectivity index (χ0n) is 11.9. The molecule has 1 aliphatic heterocycles. The second kappa shape index (κ2) is 7.00. The molecule has 0 aromatic heterocycles. The number of hydrogen-bond donors (Lipinski definition) is 1. The van der Waals surface area contributed by atoms with Gasteiger partial charge < -0.3 is 5.32 Å². The van der Waals surface area contributed by atoms with Gasteiger partial charge in [0.2, 0.25) is 0 Å². The molecule has 0 bridgehead atoms. The lowest BCUT2D eigenvalue weighted by molar-refractivity contribution is 1.16. The average Bonchev–Trinajstić information content (AvgIpc) is 3.04. The summed E-state index contributed by atoms with van der Waals surface area (Å²) in [5.41, 5.74) is 1.31. The third kappa shape index (κ3) is 3.80. The van der Waals surface area contributed by atoms with Gasteiger partial charge in [-0.1, -0.05) is 66.0 Å². The van der Waals surface area contributed by atoms with Crippen molar-refractivity contribution in [2.75, 3.05) is 19.3 Å². The van der Waals surface area contributed by atoms with Crippen LogP contribution in [0.15, 0.2) is 52.4 Å². The molecule has 0 saturated heterocycles. The van der Waals surface area contributed by atoms with Crippen molar-refractivity contribution in [3.05, 3.63) is 48.0 Å². The minimum absolute atomic E-state index is 0.902. The van der Waals surface area contributed by atoms with Gasteiger partial charge in [-0.2, -0.15) is 0 Å². The van der Waals surface area contributed by atoms with E-state index in [1.54, 1.807) is 23.5 Å². The summed E-state index contributed by atoms with van der Waals surface area (Å²) in [4.78, 5) is 8.70. The molecule has 0 saturated carbocycles. The minimum atomic E-state index is 0.902. The van der Waals surface area contributed by atoms with E-state index >= 15 is 0 Å². The average molecular weight is 315 g/mol. The summed E-state index contributed by atoms with van der Waals surface area (Å²) in [6, 6.07) is 15.1. The molecule has 0 radical (unpaired) electrons. The normalized spacial score (nSPS) is 15.3. The highest BCUT2D eigenvalue weighted by atomic mass is 32.2. The van der Waals surface area contributed by atoms with Crippen LogP contribution in [0.4, 0.5) is 0 Å². The Bertz CT molecular complexity index is 695. The van der Waals surface area contributed by atoms with Crippen LogP contribution in [0.3, 0.4) is 0 Å². The van der Waals surface area contributed by atoms with Gasteiger partial charge >= 0.3 is 0 Å². The van der Waals surface area contributed by atoms with Gasteiger partial charge in [-0.15, -0.1) is 0 Å². The lowest BCUT2D eigenvalue weighted by Gasteiger charge is -2.08. The fourth-order valence-electron chi connectivity index (χ4n) is 2.14. The summed E-state index contributed by atoms with van der Waals surface area (Å²) in [6.07, 6.45) is 0. The third-order valence-electron chi connectivity index (χ3n) is 3.19. The molecule has 1 aliphatic rings. The molecule has 5 heteroatoms. The van der Waals surface area contributed by atoms with E-state index in [-0.39, 0.29) is 0 Å². The number of fused-ring (bicyclic) bond motifs is 1. The van der Waals surface area contributed by atoms with Gasteiger partial charge in [0.1, 0.15) is 0 Å². The Balaban J connectivity index is 1.64. The Morgan fingerprint density at radius 2 is 2.14 bits per heavy atom. The SMILES string of the molecule is C/N=C(/NC1=NCCS1)SCc1ccc2ccccc2c1. The van der Waals surface area contributed by atoms with Crippen molar-refractivity contribution in [3.8, 4) is 0 Å². The van der Waals surface area contributed by atoms with E-state index < -0.39 is 0 Å². The molecule has 0 aliphatic carbocycles. The van der Waals surface area contributed by atoms with Gasteiger partial charge in [-0.25, -0.2) is 0 Å². The maximum absolute atomic E-state index is 4.39. The first-order valence-corrected chi connectivity index (χ1v) is 8.84. The van der Waals surface area contributed by atoms with Crippen LogP contribution in [0.25, 0.3) is 10.8 Å². The summed E-state index contributed by atoms with van der Waals surface area (Å²) in [7, 11) is 1.82. The molecule has 21 heavy (non-hydrogen) atoms. The molecule has 0 atom stereocenters. The number of amidine groups is 2. The fourth-order valence-corrected chi connectivity index (χ4v) is 3.71. The maximum atomic E-state index is 4.39. The van der Waals surface area contributed by atoms with Crippen molar-refractivity contribution in [3.63, 3.8) is 0 Å². The van der Waals surface area contributed by atoms with Gasteiger partial charge in [0, 0.05) is 18.6 Å². The van der Waals surface area contributed by atoms with Crippen molar-refractivity contribution in [2.24, 2.45) is 9.98 Å². The number of nitrogens with zero attached hydrogens (tertiary/aromatic N) is 2. The monoisotopic (exact) mass is 315 g/mol. The van der Waals surface area contributed by atoms with E-state index in [0.29, 0.717) is 0 Å². The number of benzene rings is 2. The molecule has 0 unspecified atom stereocenters. The van der Waals surface area contributed by atoms with E-state index in [2.05, 4.69) is 57.8 Å². The van der Waals surface area contributed by atoms with Crippen LogP contribution < -0.4 is 5.32 Å². The van der Waals surface area contributed by atoms with E-state index in [0.717, 1.165) is 28.4 Å². The van der Waals surface area contributed by atoms with Crippen LogP contribution in [0.1, 0.15) is 5.56 Å². The quantitative estimate of drug-likeness (QED) is 0.677. The largest absolute Gasteiger partial charge is 0.314 e. The highest BCUT2D eigenvalue weighted by molar-refractivity contribution is 8.15. The van der Waals surface area contributed by atoms with E-state index in [1.165, 1.54) is 16.3 Å². The highest BCUT2D eigenvalue weighted by Gasteiger charge is 2.09. The van der Waals surface area contributed by atoms with Gasteiger partial charge in [-0.3, -0.25) is 9.98 Å². The van der Waals surface area contributed by atoms with Gasteiger partial charge in [0.05, 0.1) is 6.54 Å². The van der Waals surface area contributed by atoms with Crippen LogP contribution in [0.2, 0.25) is 0 Å². The Labute approximate surface area is 133 Å². The predicted octanol–water partition coefficient (Wildman–Crippen LogP) is 3.75. The molecule has 108 valence electrons. The van der Waals surface area contributed by atoms with Crippen LogP contribution in [0, 0.1) is 0 Å².